The highest BCUT2D eigenvalue weighted by molar-refractivity contribution is 9.10. The highest BCUT2D eigenvalue weighted by Gasteiger charge is 2.22. The maximum Gasteiger partial charge on any atom is 0.0356 e. The lowest BCUT2D eigenvalue weighted by Gasteiger charge is -2.05. The maximum atomic E-state index is 5.72. The molecule has 0 aromatic heterocycles. The van der Waals surface area contributed by atoms with Gasteiger partial charge in [-0.15, -0.1) is 6.42 Å². The summed E-state index contributed by atoms with van der Waals surface area (Å²) in [5.74, 6) is 2.85. The van der Waals surface area contributed by atoms with E-state index in [1.165, 1.54) is 33.4 Å². The molecule has 0 saturated carbocycles. The van der Waals surface area contributed by atoms with Gasteiger partial charge in [-0.25, -0.2) is 0 Å². The number of rotatable bonds is 1. The molecule has 3 rings (SSSR count). The Morgan fingerprint density at radius 2 is 1.71 bits per heavy atom. The molecule has 102 valence electrons. The van der Waals surface area contributed by atoms with E-state index in [2.05, 4.69) is 84.2 Å². The smallest absolute Gasteiger partial charge is 0.0356 e. The van der Waals surface area contributed by atoms with Crippen LogP contribution >= 0.6 is 15.9 Å². The van der Waals surface area contributed by atoms with Gasteiger partial charge in [0, 0.05) is 10.0 Å². The van der Waals surface area contributed by atoms with Crippen LogP contribution in [0.2, 0.25) is 0 Å². The summed E-state index contributed by atoms with van der Waals surface area (Å²) >= 11 is 3.47. The molecule has 0 atom stereocenters. The third kappa shape index (κ3) is 2.48. The molecule has 0 fully saturated rings. The van der Waals surface area contributed by atoms with Crippen LogP contribution in [0.1, 0.15) is 29.2 Å². The van der Waals surface area contributed by atoms with Gasteiger partial charge in [0.1, 0.15) is 0 Å². The number of benzene rings is 2. The van der Waals surface area contributed by atoms with E-state index in [1.54, 1.807) is 0 Å². The van der Waals surface area contributed by atoms with Crippen LogP contribution in [0.15, 0.2) is 52.5 Å². The number of hydrogen-bond donors (Lipinski definition) is 0. The molecule has 0 spiro atoms. The molecular formula is C20H15Br. The van der Waals surface area contributed by atoms with Crippen molar-refractivity contribution in [3.63, 3.8) is 0 Å². The Hall–Kier alpha value is -2.04. The van der Waals surface area contributed by atoms with Gasteiger partial charge in [-0.1, -0.05) is 57.7 Å². The maximum absolute atomic E-state index is 5.72. The van der Waals surface area contributed by atoms with Crippen LogP contribution in [0.25, 0.3) is 17.2 Å². The monoisotopic (exact) mass is 334 g/mol. The van der Waals surface area contributed by atoms with Crippen LogP contribution in [0.3, 0.4) is 0 Å². The summed E-state index contributed by atoms with van der Waals surface area (Å²) in [4.78, 5) is 0. The largest absolute Gasteiger partial charge is 0.115 e. The SMILES string of the molecule is C#CC1=C(C)C(=Cc2ccc(Br)cc2)c2ccc(C)cc21. The molecule has 21 heavy (non-hydrogen) atoms. The number of hydrogen-bond acceptors (Lipinski definition) is 0. The molecule has 0 nitrogen and oxygen atoms in total. The first-order valence-electron chi connectivity index (χ1n) is 6.86. The van der Waals surface area contributed by atoms with E-state index in [0.717, 1.165) is 10.0 Å². The molecule has 0 bridgehead atoms. The molecule has 2 aromatic rings. The molecular weight excluding hydrogens is 320 g/mol. The first-order chi connectivity index (χ1) is 10.1. The molecule has 0 N–H and O–H groups in total. The van der Waals surface area contributed by atoms with E-state index in [0.29, 0.717) is 0 Å². The molecule has 1 heteroatoms. The minimum atomic E-state index is 1.01. The van der Waals surface area contributed by atoms with Gasteiger partial charge >= 0.3 is 0 Å². The predicted octanol–water partition coefficient (Wildman–Crippen LogP) is 5.72. The third-order valence-corrected chi connectivity index (χ3v) is 4.37. The number of fused-ring (bicyclic) bond motifs is 1. The van der Waals surface area contributed by atoms with E-state index >= 15 is 0 Å². The molecule has 0 heterocycles. The first kappa shape index (κ1) is 13.9. The zero-order chi connectivity index (χ0) is 15.0. The first-order valence-corrected chi connectivity index (χ1v) is 7.66. The van der Waals surface area contributed by atoms with Crippen LogP contribution in [0.5, 0.6) is 0 Å². The van der Waals surface area contributed by atoms with Crippen LogP contribution in [-0.2, 0) is 0 Å². The molecule has 2 aromatic carbocycles. The second kappa shape index (κ2) is 5.39. The van der Waals surface area contributed by atoms with Crippen molar-refractivity contribution in [3.8, 4) is 12.3 Å². The fourth-order valence-electron chi connectivity index (χ4n) is 2.74. The lowest BCUT2D eigenvalue weighted by atomic mass is 9.99. The lowest BCUT2D eigenvalue weighted by molar-refractivity contribution is 1.44. The number of allylic oxidation sites excluding steroid dienone is 3. The Balaban J connectivity index is 2.18. The third-order valence-electron chi connectivity index (χ3n) is 3.84. The minimum Gasteiger partial charge on any atom is -0.115 e. The van der Waals surface area contributed by atoms with Crippen molar-refractivity contribution in [1.82, 2.24) is 0 Å². The minimum absolute atomic E-state index is 1.01. The zero-order valence-electron chi connectivity index (χ0n) is 12.1. The lowest BCUT2D eigenvalue weighted by Crippen LogP contribution is -1.85. The van der Waals surface area contributed by atoms with Crippen molar-refractivity contribution in [1.29, 1.82) is 0 Å². The fourth-order valence-corrected chi connectivity index (χ4v) is 3.00. The van der Waals surface area contributed by atoms with E-state index in [-0.39, 0.29) is 0 Å². The quantitative estimate of drug-likeness (QED) is 0.585. The number of aryl methyl sites for hydroxylation is 1. The van der Waals surface area contributed by atoms with E-state index in [9.17, 15) is 0 Å². The summed E-state index contributed by atoms with van der Waals surface area (Å²) in [6.07, 6.45) is 7.93. The topological polar surface area (TPSA) is 0 Å². The molecule has 1 aliphatic rings. The van der Waals surface area contributed by atoms with Crippen LogP contribution in [0.4, 0.5) is 0 Å². The summed E-state index contributed by atoms with van der Waals surface area (Å²) in [7, 11) is 0. The Morgan fingerprint density at radius 1 is 1.00 bits per heavy atom. The Morgan fingerprint density at radius 3 is 2.38 bits per heavy atom. The van der Waals surface area contributed by atoms with Gasteiger partial charge in [-0.3, -0.25) is 0 Å². The van der Waals surface area contributed by atoms with Crippen molar-refractivity contribution >= 4 is 33.2 Å². The summed E-state index contributed by atoms with van der Waals surface area (Å²) in [6, 6.07) is 14.8. The summed E-state index contributed by atoms with van der Waals surface area (Å²) in [5, 5.41) is 0. The molecule has 0 aliphatic heterocycles. The normalized spacial score (nSPS) is 15.2. The van der Waals surface area contributed by atoms with Crippen molar-refractivity contribution in [2.24, 2.45) is 0 Å². The molecule has 1 aliphatic carbocycles. The molecule has 0 amide bonds. The van der Waals surface area contributed by atoms with Gasteiger partial charge in [-0.2, -0.15) is 0 Å². The Bertz CT molecular complexity index is 812. The van der Waals surface area contributed by atoms with Crippen LogP contribution in [0, 0.1) is 19.3 Å². The van der Waals surface area contributed by atoms with Crippen molar-refractivity contribution in [2.45, 2.75) is 13.8 Å². The highest BCUT2D eigenvalue weighted by atomic mass is 79.9. The molecule has 0 radical (unpaired) electrons. The average Bonchev–Trinajstić information content (AvgIpc) is 2.73. The van der Waals surface area contributed by atoms with Gasteiger partial charge in [0.15, 0.2) is 0 Å². The molecule has 0 unspecified atom stereocenters. The van der Waals surface area contributed by atoms with Crippen molar-refractivity contribution in [2.75, 3.05) is 0 Å². The molecule has 0 saturated heterocycles. The predicted molar refractivity (Wildman–Crippen MR) is 94.6 cm³/mol. The second-order valence-corrected chi connectivity index (χ2v) is 6.22. The summed E-state index contributed by atoms with van der Waals surface area (Å²) < 4.78 is 1.09. The zero-order valence-corrected chi connectivity index (χ0v) is 13.7. The average molecular weight is 335 g/mol. The van der Waals surface area contributed by atoms with Gasteiger partial charge in [0.2, 0.25) is 0 Å². The van der Waals surface area contributed by atoms with Crippen molar-refractivity contribution < 1.29 is 0 Å². The fraction of sp³-hybridized carbons (Fsp3) is 0.100. The Labute approximate surface area is 134 Å². The standard InChI is InChI=1S/C20H15Br/c1-4-17-14(3)19(12-15-6-8-16(21)9-7-15)18-10-5-13(2)11-20(17)18/h1,5-12H,2-3H3. The van der Waals surface area contributed by atoms with Gasteiger partial charge < -0.3 is 0 Å². The highest BCUT2D eigenvalue weighted by Crippen LogP contribution is 2.42. The Kier molecular flexibility index (Phi) is 3.57. The van der Waals surface area contributed by atoms with Crippen LogP contribution < -0.4 is 0 Å². The van der Waals surface area contributed by atoms with Gasteiger partial charge in [0.25, 0.3) is 0 Å². The van der Waals surface area contributed by atoms with Crippen molar-refractivity contribution in [3.05, 3.63) is 74.8 Å². The van der Waals surface area contributed by atoms with Gasteiger partial charge in [-0.05, 0) is 59.9 Å². The summed E-state index contributed by atoms with van der Waals surface area (Å²) in [6.45, 7) is 4.20. The van der Waals surface area contributed by atoms with Gasteiger partial charge in [0.05, 0.1) is 0 Å². The number of terminal acetylenes is 1. The second-order valence-electron chi connectivity index (χ2n) is 5.30. The van der Waals surface area contributed by atoms with E-state index in [4.69, 9.17) is 6.42 Å². The van der Waals surface area contributed by atoms with E-state index in [1.807, 2.05) is 0 Å². The summed E-state index contributed by atoms with van der Waals surface area (Å²) in [5.41, 5.74) is 8.24. The number of halogens is 1. The van der Waals surface area contributed by atoms with Crippen LogP contribution in [-0.4, -0.2) is 0 Å². The van der Waals surface area contributed by atoms with E-state index < -0.39 is 0 Å².